The average Bonchev–Trinajstić information content (AvgIpc) is 3.27. The maximum atomic E-state index is 13.4. The zero-order chi connectivity index (χ0) is 20.5. The third-order valence-electron chi connectivity index (χ3n) is 4.99. The van der Waals surface area contributed by atoms with Crippen molar-refractivity contribution in [2.24, 2.45) is 0 Å². The van der Waals surface area contributed by atoms with Crippen molar-refractivity contribution in [2.45, 2.75) is 12.5 Å². The smallest absolute Gasteiger partial charge is 0.256 e. The number of hydrogen-bond donors (Lipinski definition) is 0. The summed E-state index contributed by atoms with van der Waals surface area (Å²) in [5.74, 6) is 1.18. The zero-order valence-corrected chi connectivity index (χ0v) is 18.1. The van der Waals surface area contributed by atoms with E-state index in [9.17, 15) is 4.79 Å². The van der Waals surface area contributed by atoms with Crippen molar-refractivity contribution >= 4 is 40.4 Å². The highest BCUT2D eigenvalue weighted by Crippen LogP contribution is 2.42. The molecule has 0 spiro atoms. The molecule has 0 N–H and O–H groups in total. The highest BCUT2D eigenvalue weighted by atomic mass is 35.5. The summed E-state index contributed by atoms with van der Waals surface area (Å²) < 4.78 is 11.0. The second kappa shape index (κ2) is 8.22. The Hall–Kier alpha value is -2.28. The van der Waals surface area contributed by atoms with Gasteiger partial charge in [-0.2, -0.15) is 0 Å². The first-order chi connectivity index (χ1) is 14.0. The molecule has 4 rings (SSSR count). The van der Waals surface area contributed by atoms with Crippen LogP contribution in [0.2, 0.25) is 10.2 Å². The number of benzene rings is 1. The summed E-state index contributed by atoms with van der Waals surface area (Å²) in [5, 5.41) is 2.45. The van der Waals surface area contributed by atoms with Gasteiger partial charge in [0, 0.05) is 17.6 Å². The molecule has 1 atom stereocenters. The quantitative estimate of drug-likeness (QED) is 0.511. The summed E-state index contributed by atoms with van der Waals surface area (Å²) in [4.78, 5) is 20.3. The van der Waals surface area contributed by atoms with Crippen molar-refractivity contribution in [3.05, 3.63) is 73.7 Å². The van der Waals surface area contributed by atoms with Crippen LogP contribution in [0.4, 0.5) is 0 Å². The fourth-order valence-electron chi connectivity index (χ4n) is 3.62. The molecule has 2 aromatic heterocycles. The van der Waals surface area contributed by atoms with Crippen LogP contribution in [0.5, 0.6) is 11.5 Å². The predicted molar refractivity (Wildman–Crippen MR) is 115 cm³/mol. The number of methoxy groups -OCH3 is 2. The SMILES string of the molecule is COc1cc2c(cc1OC)C(c1cccs1)N(C(=O)c1cnc(Cl)c(Cl)c1)CC2. The van der Waals surface area contributed by atoms with E-state index in [0.717, 1.165) is 16.0 Å². The number of nitrogens with zero attached hydrogens (tertiary/aromatic N) is 2. The standard InChI is InChI=1S/C21H18Cl2N2O3S/c1-27-16-9-12-5-6-25(21(26)13-8-15(22)20(23)24-11-13)19(18-4-3-7-29-18)14(12)10-17(16)28-2/h3-4,7-11,19H,5-6H2,1-2H3. The minimum Gasteiger partial charge on any atom is -0.493 e. The van der Waals surface area contributed by atoms with E-state index in [1.807, 2.05) is 34.5 Å². The first-order valence-electron chi connectivity index (χ1n) is 8.93. The summed E-state index contributed by atoms with van der Waals surface area (Å²) in [6, 6.07) is 9.31. The molecule has 1 amide bonds. The van der Waals surface area contributed by atoms with Gasteiger partial charge in [0.25, 0.3) is 5.91 Å². The molecule has 0 saturated heterocycles. The fourth-order valence-corrected chi connectivity index (χ4v) is 4.75. The van der Waals surface area contributed by atoms with E-state index in [0.29, 0.717) is 30.0 Å². The third kappa shape index (κ3) is 3.68. The monoisotopic (exact) mass is 448 g/mol. The Kier molecular flexibility index (Phi) is 5.67. The van der Waals surface area contributed by atoms with Crippen molar-refractivity contribution in [2.75, 3.05) is 20.8 Å². The number of aromatic nitrogens is 1. The molecular formula is C21H18Cl2N2O3S. The number of hydrogen-bond acceptors (Lipinski definition) is 5. The molecule has 0 aliphatic carbocycles. The lowest BCUT2D eigenvalue weighted by Gasteiger charge is -2.37. The number of fused-ring (bicyclic) bond motifs is 1. The highest BCUT2D eigenvalue weighted by Gasteiger charge is 2.34. The number of pyridine rings is 1. The van der Waals surface area contributed by atoms with Crippen LogP contribution in [-0.2, 0) is 6.42 Å². The van der Waals surface area contributed by atoms with Gasteiger partial charge in [0.1, 0.15) is 5.15 Å². The number of ether oxygens (including phenoxy) is 2. The van der Waals surface area contributed by atoms with E-state index in [4.69, 9.17) is 32.7 Å². The van der Waals surface area contributed by atoms with Crippen LogP contribution >= 0.6 is 34.5 Å². The van der Waals surface area contributed by atoms with E-state index in [2.05, 4.69) is 4.98 Å². The van der Waals surface area contributed by atoms with Crippen molar-refractivity contribution < 1.29 is 14.3 Å². The van der Waals surface area contributed by atoms with Crippen molar-refractivity contribution in [3.8, 4) is 11.5 Å². The Bertz CT molecular complexity index is 1060. The zero-order valence-electron chi connectivity index (χ0n) is 15.8. The molecule has 150 valence electrons. The van der Waals surface area contributed by atoms with Crippen LogP contribution < -0.4 is 9.47 Å². The number of rotatable bonds is 4. The molecule has 5 nitrogen and oxygen atoms in total. The van der Waals surface area contributed by atoms with E-state index < -0.39 is 0 Å². The molecule has 0 bridgehead atoms. The third-order valence-corrected chi connectivity index (χ3v) is 6.60. The first-order valence-corrected chi connectivity index (χ1v) is 10.6. The summed E-state index contributed by atoms with van der Waals surface area (Å²) in [7, 11) is 3.23. The van der Waals surface area contributed by atoms with Crippen molar-refractivity contribution in [1.82, 2.24) is 9.88 Å². The van der Waals surface area contributed by atoms with Gasteiger partial charge in [-0.25, -0.2) is 4.98 Å². The second-order valence-electron chi connectivity index (χ2n) is 6.57. The fraction of sp³-hybridized carbons (Fsp3) is 0.238. The maximum Gasteiger partial charge on any atom is 0.256 e. The summed E-state index contributed by atoms with van der Waals surface area (Å²) in [5.41, 5.74) is 2.57. The minimum absolute atomic E-state index is 0.144. The molecular weight excluding hydrogens is 431 g/mol. The van der Waals surface area contributed by atoms with E-state index in [1.165, 1.54) is 6.20 Å². The molecule has 1 aliphatic rings. The van der Waals surface area contributed by atoms with Gasteiger partial charge in [0.2, 0.25) is 0 Å². The Morgan fingerprint density at radius 3 is 2.62 bits per heavy atom. The van der Waals surface area contributed by atoms with Crippen molar-refractivity contribution in [3.63, 3.8) is 0 Å². The molecule has 0 saturated carbocycles. The molecule has 0 fully saturated rings. The topological polar surface area (TPSA) is 51.7 Å². The lowest BCUT2D eigenvalue weighted by atomic mass is 9.90. The molecule has 3 heterocycles. The van der Waals surface area contributed by atoms with Gasteiger partial charge in [-0.1, -0.05) is 29.3 Å². The Balaban J connectivity index is 1.81. The molecule has 0 radical (unpaired) electrons. The van der Waals surface area contributed by atoms with Crippen LogP contribution in [0.15, 0.2) is 41.9 Å². The Morgan fingerprint density at radius 2 is 1.97 bits per heavy atom. The van der Waals surface area contributed by atoms with Crippen molar-refractivity contribution in [1.29, 1.82) is 0 Å². The van der Waals surface area contributed by atoms with Gasteiger partial charge < -0.3 is 14.4 Å². The highest BCUT2D eigenvalue weighted by molar-refractivity contribution is 7.10. The lowest BCUT2D eigenvalue weighted by molar-refractivity contribution is 0.0696. The second-order valence-corrected chi connectivity index (χ2v) is 8.31. The molecule has 1 aromatic carbocycles. The number of amides is 1. The molecule has 1 aliphatic heterocycles. The Labute approximate surface area is 182 Å². The number of thiophene rings is 1. The van der Waals surface area contributed by atoms with E-state index in [1.54, 1.807) is 31.6 Å². The molecule has 1 unspecified atom stereocenters. The minimum atomic E-state index is -0.236. The first kappa shape index (κ1) is 20.0. The van der Waals surface area contributed by atoms with Gasteiger partial charge in [0.05, 0.1) is 30.8 Å². The maximum absolute atomic E-state index is 13.4. The van der Waals surface area contributed by atoms with Gasteiger partial charge in [0.15, 0.2) is 11.5 Å². The summed E-state index contributed by atoms with van der Waals surface area (Å²) >= 11 is 13.6. The van der Waals surface area contributed by atoms with E-state index in [-0.39, 0.29) is 22.1 Å². The number of carbonyl (C=O) groups is 1. The van der Waals surface area contributed by atoms with Gasteiger partial charge in [-0.15, -0.1) is 11.3 Å². The summed E-state index contributed by atoms with van der Waals surface area (Å²) in [6.45, 7) is 0.560. The normalized spacial score (nSPS) is 15.7. The van der Waals surface area contributed by atoms with Crippen LogP contribution in [0.25, 0.3) is 0 Å². The van der Waals surface area contributed by atoms with Crippen LogP contribution in [0.1, 0.15) is 32.4 Å². The molecule has 8 heteroatoms. The van der Waals surface area contributed by atoms with Gasteiger partial charge in [-0.05, 0) is 47.2 Å². The predicted octanol–water partition coefficient (Wildman–Crippen LogP) is 5.26. The van der Waals surface area contributed by atoms with Gasteiger partial charge in [-0.3, -0.25) is 4.79 Å². The lowest BCUT2D eigenvalue weighted by Crippen LogP contribution is -2.40. The Morgan fingerprint density at radius 1 is 1.21 bits per heavy atom. The van der Waals surface area contributed by atoms with Crippen LogP contribution in [0.3, 0.4) is 0 Å². The number of halogens is 2. The van der Waals surface area contributed by atoms with E-state index >= 15 is 0 Å². The summed E-state index contributed by atoms with van der Waals surface area (Å²) in [6.07, 6.45) is 2.17. The van der Waals surface area contributed by atoms with Crippen LogP contribution in [0, 0.1) is 0 Å². The number of carbonyl (C=O) groups excluding carboxylic acids is 1. The van der Waals surface area contributed by atoms with Gasteiger partial charge >= 0.3 is 0 Å². The largest absolute Gasteiger partial charge is 0.493 e. The molecule has 29 heavy (non-hydrogen) atoms. The molecule has 3 aromatic rings. The average molecular weight is 449 g/mol. The van der Waals surface area contributed by atoms with Crippen LogP contribution in [-0.4, -0.2) is 36.6 Å².